The van der Waals surface area contributed by atoms with Gasteiger partial charge in [-0.1, -0.05) is 0 Å². The van der Waals surface area contributed by atoms with Crippen LogP contribution in [0.25, 0.3) is 0 Å². The van der Waals surface area contributed by atoms with E-state index in [1.807, 2.05) is 20.8 Å². The number of aliphatic hydroxyl groups is 1. The topological polar surface area (TPSA) is 95.5 Å². The molecule has 2 unspecified atom stereocenters. The molecule has 1 amide bonds. The van der Waals surface area contributed by atoms with Crippen molar-refractivity contribution in [3.8, 4) is 0 Å². The summed E-state index contributed by atoms with van der Waals surface area (Å²) in [5.41, 5.74) is -0.320. The van der Waals surface area contributed by atoms with Crippen molar-refractivity contribution >= 4 is 15.7 Å². The molecule has 0 aromatic rings. The summed E-state index contributed by atoms with van der Waals surface area (Å²) >= 11 is 0. The first-order valence-corrected chi connectivity index (χ1v) is 7.34. The van der Waals surface area contributed by atoms with Crippen molar-refractivity contribution in [3.05, 3.63) is 0 Å². The van der Waals surface area contributed by atoms with Crippen molar-refractivity contribution < 1.29 is 18.3 Å². The number of hydrogen-bond acceptors (Lipinski definition) is 5. The van der Waals surface area contributed by atoms with E-state index in [0.717, 1.165) is 0 Å². The second-order valence-electron chi connectivity index (χ2n) is 5.43. The van der Waals surface area contributed by atoms with Crippen LogP contribution in [0.2, 0.25) is 0 Å². The molecule has 100 valence electrons. The molecule has 1 heterocycles. The molecular formula is C10H20N2O4S. The van der Waals surface area contributed by atoms with Crippen molar-refractivity contribution in [3.63, 3.8) is 0 Å². The maximum Gasteiger partial charge on any atom is 0.234 e. The largest absolute Gasteiger partial charge is 0.390 e. The molecule has 0 spiro atoms. The van der Waals surface area contributed by atoms with E-state index in [9.17, 15) is 18.3 Å². The molecule has 6 nitrogen and oxygen atoms in total. The van der Waals surface area contributed by atoms with Crippen molar-refractivity contribution in [1.29, 1.82) is 0 Å². The van der Waals surface area contributed by atoms with E-state index in [1.165, 1.54) is 0 Å². The van der Waals surface area contributed by atoms with E-state index in [1.54, 1.807) is 0 Å². The first-order chi connectivity index (χ1) is 7.59. The number of rotatable bonds is 3. The van der Waals surface area contributed by atoms with Crippen LogP contribution in [0.1, 0.15) is 20.8 Å². The van der Waals surface area contributed by atoms with E-state index in [2.05, 4.69) is 10.6 Å². The Morgan fingerprint density at radius 3 is 2.35 bits per heavy atom. The van der Waals surface area contributed by atoms with E-state index in [0.29, 0.717) is 0 Å². The monoisotopic (exact) mass is 264 g/mol. The Kier molecular flexibility index (Phi) is 4.16. The van der Waals surface area contributed by atoms with Gasteiger partial charge < -0.3 is 15.7 Å². The van der Waals surface area contributed by atoms with Gasteiger partial charge in [-0.25, -0.2) is 8.42 Å². The van der Waals surface area contributed by atoms with Gasteiger partial charge in [-0.15, -0.1) is 0 Å². The minimum Gasteiger partial charge on any atom is -0.390 e. The summed E-state index contributed by atoms with van der Waals surface area (Å²) in [7, 11) is -3.17. The first-order valence-electron chi connectivity index (χ1n) is 5.52. The van der Waals surface area contributed by atoms with Crippen molar-refractivity contribution in [2.24, 2.45) is 0 Å². The quantitative estimate of drug-likeness (QED) is 0.586. The van der Waals surface area contributed by atoms with Crippen molar-refractivity contribution in [2.45, 2.75) is 38.5 Å². The van der Waals surface area contributed by atoms with E-state index in [4.69, 9.17) is 0 Å². The number of nitrogens with one attached hydrogen (secondary N) is 2. The minimum absolute atomic E-state index is 0.00845. The van der Waals surface area contributed by atoms with E-state index >= 15 is 0 Å². The van der Waals surface area contributed by atoms with E-state index in [-0.39, 0.29) is 29.5 Å². The molecule has 0 saturated carbocycles. The zero-order valence-electron chi connectivity index (χ0n) is 10.4. The Morgan fingerprint density at radius 2 is 1.94 bits per heavy atom. The standard InChI is InChI=1S/C10H20N2O4S/c1-10(2,3)12-9(14)4-11-7-5-17(15,16)6-8(7)13/h7-8,11,13H,4-6H2,1-3H3,(H,12,14). The Morgan fingerprint density at radius 1 is 1.35 bits per heavy atom. The van der Waals surface area contributed by atoms with Gasteiger partial charge >= 0.3 is 0 Å². The molecule has 0 bridgehead atoms. The fourth-order valence-corrected chi connectivity index (χ4v) is 3.49. The SMILES string of the molecule is CC(C)(C)NC(=O)CNC1CS(=O)(=O)CC1O. The zero-order valence-corrected chi connectivity index (χ0v) is 11.2. The molecule has 7 heteroatoms. The van der Waals surface area contributed by atoms with Gasteiger partial charge in [-0.05, 0) is 20.8 Å². The van der Waals surface area contributed by atoms with Crippen LogP contribution in [-0.4, -0.2) is 55.2 Å². The summed E-state index contributed by atoms with van der Waals surface area (Å²) in [6, 6.07) is -0.550. The van der Waals surface area contributed by atoms with Crippen LogP contribution >= 0.6 is 0 Å². The summed E-state index contributed by atoms with van der Waals surface area (Å²) in [5.74, 6) is -0.559. The zero-order chi connectivity index (χ0) is 13.3. The van der Waals surface area contributed by atoms with E-state index < -0.39 is 22.0 Å². The molecule has 0 radical (unpaired) electrons. The average molecular weight is 264 g/mol. The van der Waals surface area contributed by atoms with Gasteiger partial charge in [0.25, 0.3) is 0 Å². The van der Waals surface area contributed by atoms with Crippen LogP contribution < -0.4 is 10.6 Å². The van der Waals surface area contributed by atoms with Gasteiger partial charge in [0.2, 0.25) is 5.91 Å². The molecule has 3 N–H and O–H groups in total. The number of carbonyl (C=O) groups excluding carboxylic acids is 1. The highest BCUT2D eigenvalue weighted by Crippen LogP contribution is 2.12. The molecule has 1 saturated heterocycles. The molecule has 17 heavy (non-hydrogen) atoms. The summed E-state index contributed by atoms with van der Waals surface area (Å²) in [5, 5.41) is 15.0. The Hall–Kier alpha value is -0.660. The third-order valence-corrected chi connectivity index (χ3v) is 4.08. The lowest BCUT2D eigenvalue weighted by atomic mass is 10.1. The third-order valence-electron chi connectivity index (χ3n) is 2.36. The summed E-state index contributed by atoms with van der Waals surface area (Å²) in [6.07, 6.45) is -0.928. The normalized spacial score (nSPS) is 28.0. The lowest BCUT2D eigenvalue weighted by Crippen LogP contribution is -2.48. The van der Waals surface area contributed by atoms with Gasteiger partial charge in [0.15, 0.2) is 9.84 Å². The van der Waals surface area contributed by atoms with Crippen LogP contribution in [0, 0.1) is 0 Å². The number of amides is 1. The molecule has 0 aromatic carbocycles. The second-order valence-corrected chi connectivity index (χ2v) is 7.58. The smallest absolute Gasteiger partial charge is 0.234 e. The number of carbonyl (C=O) groups is 1. The molecular weight excluding hydrogens is 244 g/mol. The third kappa shape index (κ3) is 5.01. The Bertz CT molecular complexity index is 386. The van der Waals surface area contributed by atoms with Crippen LogP contribution in [0.15, 0.2) is 0 Å². The molecule has 0 aliphatic carbocycles. The first kappa shape index (κ1) is 14.4. The van der Waals surface area contributed by atoms with Gasteiger partial charge in [-0.3, -0.25) is 4.79 Å². The van der Waals surface area contributed by atoms with Crippen molar-refractivity contribution in [1.82, 2.24) is 10.6 Å². The second kappa shape index (κ2) is 4.91. The Labute approximate surface area is 102 Å². The lowest BCUT2D eigenvalue weighted by Gasteiger charge is -2.22. The van der Waals surface area contributed by atoms with Gasteiger partial charge in [0, 0.05) is 11.6 Å². The van der Waals surface area contributed by atoms with Gasteiger partial charge in [0.1, 0.15) is 0 Å². The van der Waals surface area contributed by atoms with Crippen LogP contribution in [0.4, 0.5) is 0 Å². The number of hydrogen-bond donors (Lipinski definition) is 3. The van der Waals surface area contributed by atoms with Gasteiger partial charge in [0.05, 0.1) is 24.2 Å². The summed E-state index contributed by atoms with van der Waals surface area (Å²) < 4.78 is 22.4. The average Bonchev–Trinajstić information content (AvgIpc) is 2.33. The molecule has 0 aromatic heterocycles. The fraction of sp³-hybridized carbons (Fsp3) is 0.900. The highest BCUT2D eigenvalue weighted by molar-refractivity contribution is 7.91. The highest BCUT2D eigenvalue weighted by atomic mass is 32.2. The fourth-order valence-electron chi connectivity index (χ4n) is 1.71. The minimum atomic E-state index is -3.17. The Balaban J connectivity index is 2.40. The predicted molar refractivity (Wildman–Crippen MR) is 64.3 cm³/mol. The molecule has 1 aliphatic rings. The highest BCUT2D eigenvalue weighted by Gasteiger charge is 2.36. The predicted octanol–water partition coefficient (Wildman–Crippen LogP) is -1.35. The maximum atomic E-state index is 11.5. The summed E-state index contributed by atoms with van der Waals surface area (Å²) in [4.78, 5) is 11.5. The van der Waals surface area contributed by atoms with Crippen LogP contribution in [0.5, 0.6) is 0 Å². The molecule has 2 atom stereocenters. The number of aliphatic hydroxyl groups excluding tert-OH is 1. The lowest BCUT2D eigenvalue weighted by molar-refractivity contribution is -0.121. The van der Waals surface area contributed by atoms with Crippen LogP contribution in [0.3, 0.4) is 0 Å². The number of sulfone groups is 1. The summed E-state index contributed by atoms with van der Waals surface area (Å²) in [6.45, 7) is 5.59. The molecule has 1 fully saturated rings. The van der Waals surface area contributed by atoms with Crippen molar-refractivity contribution in [2.75, 3.05) is 18.1 Å². The molecule has 1 aliphatic heterocycles. The maximum absolute atomic E-state index is 11.5. The van der Waals surface area contributed by atoms with Crippen LogP contribution in [-0.2, 0) is 14.6 Å². The molecule has 1 rings (SSSR count). The van der Waals surface area contributed by atoms with Gasteiger partial charge in [-0.2, -0.15) is 0 Å².